The molecular formula is C53H88O6. The van der Waals surface area contributed by atoms with Gasteiger partial charge in [-0.15, -0.1) is 0 Å². The van der Waals surface area contributed by atoms with Crippen LogP contribution in [0.2, 0.25) is 0 Å². The zero-order valence-corrected chi connectivity index (χ0v) is 38.2. The molecule has 0 saturated heterocycles. The van der Waals surface area contributed by atoms with Crippen LogP contribution in [0.4, 0.5) is 0 Å². The van der Waals surface area contributed by atoms with Crippen molar-refractivity contribution in [2.24, 2.45) is 0 Å². The first-order valence-corrected chi connectivity index (χ1v) is 24.1. The highest BCUT2D eigenvalue weighted by Gasteiger charge is 2.19. The van der Waals surface area contributed by atoms with Gasteiger partial charge in [0.2, 0.25) is 0 Å². The normalized spacial score (nSPS) is 12.8. The van der Waals surface area contributed by atoms with Crippen LogP contribution in [0.5, 0.6) is 0 Å². The zero-order chi connectivity index (χ0) is 43.0. The highest BCUT2D eigenvalue weighted by molar-refractivity contribution is 5.72. The molecule has 0 radical (unpaired) electrons. The van der Waals surface area contributed by atoms with Crippen LogP contribution >= 0.6 is 0 Å². The minimum absolute atomic E-state index is 0.116. The molecule has 1 atom stereocenters. The summed E-state index contributed by atoms with van der Waals surface area (Å²) in [5.41, 5.74) is 0. The van der Waals surface area contributed by atoms with Gasteiger partial charge in [-0.05, 0) is 83.5 Å². The van der Waals surface area contributed by atoms with Gasteiger partial charge >= 0.3 is 17.9 Å². The third-order valence-corrected chi connectivity index (χ3v) is 9.93. The lowest BCUT2D eigenvalue weighted by molar-refractivity contribution is -0.166. The van der Waals surface area contributed by atoms with Crippen molar-refractivity contribution in [3.63, 3.8) is 0 Å². The summed E-state index contributed by atoms with van der Waals surface area (Å²) in [5.74, 6) is -1.07. The molecular weight excluding hydrogens is 733 g/mol. The van der Waals surface area contributed by atoms with E-state index in [9.17, 15) is 14.4 Å². The predicted molar refractivity (Wildman–Crippen MR) is 251 cm³/mol. The second-order valence-electron chi connectivity index (χ2n) is 15.6. The summed E-state index contributed by atoms with van der Waals surface area (Å²) in [5, 5.41) is 0. The molecule has 0 aromatic rings. The van der Waals surface area contributed by atoms with E-state index in [4.69, 9.17) is 14.2 Å². The van der Waals surface area contributed by atoms with Crippen LogP contribution in [0, 0.1) is 0 Å². The van der Waals surface area contributed by atoms with Crippen molar-refractivity contribution in [1.82, 2.24) is 0 Å². The summed E-state index contributed by atoms with van der Waals surface area (Å²) in [6.07, 6.45) is 60.3. The van der Waals surface area contributed by atoms with Crippen LogP contribution in [-0.2, 0) is 28.6 Å². The van der Waals surface area contributed by atoms with Crippen molar-refractivity contribution in [3.05, 3.63) is 85.1 Å². The SMILES string of the molecule is CC/C=C\C/C=C\C/C=C\CC(=O)OCC(COC(=O)CCCCCCC/C=C\C=C/CCCCCCCCC)OC(=O)CCCCCCCCC/C=C\C/C=C\CC. The average Bonchev–Trinajstić information content (AvgIpc) is 3.23. The first-order chi connectivity index (χ1) is 29.0. The lowest BCUT2D eigenvalue weighted by Gasteiger charge is -2.18. The topological polar surface area (TPSA) is 78.9 Å². The zero-order valence-electron chi connectivity index (χ0n) is 38.2. The molecule has 0 rings (SSSR count). The molecule has 0 aliphatic heterocycles. The van der Waals surface area contributed by atoms with E-state index < -0.39 is 12.1 Å². The number of hydrogen-bond acceptors (Lipinski definition) is 6. The fourth-order valence-corrected chi connectivity index (χ4v) is 6.35. The van der Waals surface area contributed by atoms with Crippen LogP contribution in [-0.4, -0.2) is 37.2 Å². The number of rotatable bonds is 42. The van der Waals surface area contributed by atoms with Crippen LogP contribution in [0.1, 0.15) is 213 Å². The maximum atomic E-state index is 12.7. The molecule has 0 bridgehead atoms. The Labute approximate surface area is 363 Å². The predicted octanol–water partition coefficient (Wildman–Crippen LogP) is 15.6. The number of carbonyl (C=O) groups is 3. The van der Waals surface area contributed by atoms with E-state index in [1.54, 1.807) is 6.08 Å². The quantitative estimate of drug-likeness (QED) is 0.0201. The maximum Gasteiger partial charge on any atom is 0.309 e. The van der Waals surface area contributed by atoms with Gasteiger partial charge in [-0.25, -0.2) is 0 Å². The van der Waals surface area contributed by atoms with Gasteiger partial charge in [0.15, 0.2) is 6.10 Å². The van der Waals surface area contributed by atoms with Gasteiger partial charge in [0.1, 0.15) is 13.2 Å². The molecule has 0 saturated carbocycles. The summed E-state index contributed by atoms with van der Waals surface area (Å²) >= 11 is 0. The second kappa shape index (κ2) is 47.3. The van der Waals surface area contributed by atoms with E-state index >= 15 is 0 Å². The Hall–Kier alpha value is -3.41. The van der Waals surface area contributed by atoms with Crippen molar-refractivity contribution in [2.45, 2.75) is 219 Å². The molecule has 0 fully saturated rings. The Bertz CT molecular complexity index is 1170. The number of hydrogen-bond donors (Lipinski definition) is 0. The molecule has 0 aliphatic rings. The van der Waals surface area contributed by atoms with Crippen molar-refractivity contribution >= 4 is 17.9 Å². The largest absolute Gasteiger partial charge is 0.462 e. The van der Waals surface area contributed by atoms with Gasteiger partial charge in [0, 0.05) is 12.8 Å². The van der Waals surface area contributed by atoms with Crippen molar-refractivity contribution in [1.29, 1.82) is 0 Å². The smallest absolute Gasteiger partial charge is 0.309 e. The molecule has 6 nitrogen and oxygen atoms in total. The molecule has 1 unspecified atom stereocenters. The number of ether oxygens (including phenoxy) is 3. The monoisotopic (exact) mass is 821 g/mol. The van der Waals surface area contributed by atoms with Gasteiger partial charge < -0.3 is 14.2 Å². The Kier molecular flexibility index (Phi) is 44.5. The number of allylic oxidation sites excluding steroid dienone is 13. The van der Waals surface area contributed by atoms with Gasteiger partial charge in [-0.1, -0.05) is 196 Å². The minimum Gasteiger partial charge on any atom is -0.462 e. The van der Waals surface area contributed by atoms with Crippen molar-refractivity contribution in [3.8, 4) is 0 Å². The highest BCUT2D eigenvalue weighted by atomic mass is 16.6. The molecule has 0 heterocycles. The van der Waals surface area contributed by atoms with E-state index in [2.05, 4.69) is 93.7 Å². The van der Waals surface area contributed by atoms with E-state index in [0.717, 1.165) is 96.3 Å². The summed E-state index contributed by atoms with van der Waals surface area (Å²) in [6, 6.07) is 0. The Morgan fingerprint density at radius 3 is 1.29 bits per heavy atom. The van der Waals surface area contributed by atoms with Crippen LogP contribution in [0.25, 0.3) is 0 Å². The van der Waals surface area contributed by atoms with Crippen LogP contribution in [0.3, 0.4) is 0 Å². The minimum atomic E-state index is -0.821. The summed E-state index contributed by atoms with van der Waals surface area (Å²) in [6.45, 7) is 6.28. The second-order valence-corrected chi connectivity index (χ2v) is 15.6. The van der Waals surface area contributed by atoms with Gasteiger partial charge in [-0.3, -0.25) is 14.4 Å². The fraction of sp³-hybridized carbons (Fsp3) is 0.679. The standard InChI is InChI=1S/C53H88O6/c1-4-7-10-13-16-19-21-23-25-26-27-28-30-31-34-37-40-43-46-52(55)58-49-50(48-57-51(54)45-42-39-36-33-18-15-12-9-6-3)59-53(56)47-44-41-38-35-32-29-24-22-20-17-14-11-8-5-2/h8-9,11-12,17-18,20,25-28,33,39,42,50H,4-7,10,13-16,19,21-24,29-32,34-38,40-41,43-49H2,1-3H3/b11-8-,12-9-,20-17-,26-25-,28-27-,33-18-,42-39-. The molecule has 336 valence electrons. The van der Waals surface area contributed by atoms with Crippen molar-refractivity contribution < 1.29 is 28.6 Å². The Balaban J connectivity index is 4.42. The molecule has 0 aromatic heterocycles. The first-order valence-electron chi connectivity index (χ1n) is 24.1. The summed E-state index contributed by atoms with van der Waals surface area (Å²) in [4.78, 5) is 37.7. The summed E-state index contributed by atoms with van der Waals surface area (Å²) < 4.78 is 16.6. The summed E-state index contributed by atoms with van der Waals surface area (Å²) in [7, 11) is 0. The Morgan fingerprint density at radius 1 is 0.390 bits per heavy atom. The lowest BCUT2D eigenvalue weighted by atomic mass is 10.1. The van der Waals surface area contributed by atoms with Crippen molar-refractivity contribution in [2.75, 3.05) is 13.2 Å². The van der Waals surface area contributed by atoms with Gasteiger partial charge in [0.25, 0.3) is 0 Å². The van der Waals surface area contributed by atoms with E-state index in [1.807, 2.05) is 6.08 Å². The third-order valence-electron chi connectivity index (χ3n) is 9.93. The van der Waals surface area contributed by atoms with Crippen LogP contribution in [0.15, 0.2) is 85.1 Å². The maximum absolute atomic E-state index is 12.7. The number of unbranched alkanes of at least 4 members (excludes halogenated alkanes) is 19. The van der Waals surface area contributed by atoms with Crippen LogP contribution < -0.4 is 0 Å². The number of carbonyl (C=O) groups excluding carboxylic acids is 3. The fourth-order valence-electron chi connectivity index (χ4n) is 6.35. The highest BCUT2D eigenvalue weighted by Crippen LogP contribution is 2.13. The van der Waals surface area contributed by atoms with E-state index in [1.165, 1.54) is 77.0 Å². The molecule has 0 N–H and O–H groups in total. The molecule has 6 heteroatoms. The molecule has 0 spiro atoms. The van der Waals surface area contributed by atoms with Gasteiger partial charge in [0.05, 0.1) is 6.42 Å². The first kappa shape index (κ1) is 55.6. The molecule has 0 aromatic carbocycles. The average molecular weight is 821 g/mol. The van der Waals surface area contributed by atoms with Gasteiger partial charge in [-0.2, -0.15) is 0 Å². The lowest BCUT2D eigenvalue weighted by Crippen LogP contribution is -2.30. The molecule has 0 aliphatic carbocycles. The molecule has 0 amide bonds. The third kappa shape index (κ3) is 45.5. The van der Waals surface area contributed by atoms with E-state index in [0.29, 0.717) is 12.8 Å². The number of esters is 3. The molecule has 59 heavy (non-hydrogen) atoms. The van der Waals surface area contributed by atoms with E-state index in [-0.39, 0.29) is 31.6 Å². The Morgan fingerprint density at radius 2 is 0.780 bits per heavy atom.